The zero-order valence-corrected chi connectivity index (χ0v) is 19.6. The average molecular weight is 430 g/mol. The van der Waals surface area contributed by atoms with Gasteiger partial charge in [0.2, 0.25) is 0 Å². The van der Waals surface area contributed by atoms with Gasteiger partial charge in [-0.25, -0.2) is 0 Å². The highest BCUT2D eigenvalue weighted by Gasteiger charge is 2.63. The molecule has 2 aliphatic heterocycles. The molecule has 0 bridgehead atoms. The molecule has 174 valence electrons. The lowest BCUT2D eigenvalue weighted by molar-refractivity contribution is -0.136. The van der Waals surface area contributed by atoms with Crippen molar-refractivity contribution < 1.29 is 15.3 Å². The van der Waals surface area contributed by atoms with Gasteiger partial charge >= 0.3 is 0 Å². The molecule has 0 radical (unpaired) electrons. The lowest BCUT2D eigenvalue weighted by atomic mass is 9.51. The van der Waals surface area contributed by atoms with Crippen LogP contribution >= 0.6 is 0 Å². The van der Waals surface area contributed by atoms with Crippen molar-refractivity contribution in [3.05, 3.63) is 12.2 Å². The van der Waals surface area contributed by atoms with E-state index in [1.165, 1.54) is 6.42 Å². The molecule has 0 unspecified atom stereocenters. The third-order valence-corrected chi connectivity index (χ3v) is 11.5. The molecule has 5 fully saturated rings. The van der Waals surface area contributed by atoms with Crippen molar-refractivity contribution in [2.75, 3.05) is 13.1 Å². The molecular weight excluding hydrogens is 386 g/mol. The fraction of sp³-hybridized carbons (Fsp3) is 0.926. The Hall–Kier alpha value is -0.420. The molecule has 2 heterocycles. The van der Waals surface area contributed by atoms with Crippen molar-refractivity contribution in [3.63, 3.8) is 0 Å². The van der Waals surface area contributed by atoms with Crippen LogP contribution in [-0.4, -0.2) is 57.7 Å². The topological polar surface area (TPSA) is 63.9 Å². The monoisotopic (exact) mass is 429 g/mol. The lowest BCUT2D eigenvalue weighted by Gasteiger charge is -2.57. The Morgan fingerprint density at radius 3 is 2.35 bits per heavy atom. The highest BCUT2D eigenvalue weighted by molar-refractivity contribution is 5.15. The van der Waals surface area contributed by atoms with Crippen molar-refractivity contribution in [2.24, 2.45) is 58.7 Å². The van der Waals surface area contributed by atoms with E-state index in [0.717, 1.165) is 45.2 Å². The molecule has 0 amide bonds. The van der Waals surface area contributed by atoms with Crippen LogP contribution in [0.2, 0.25) is 0 Å². The number of nitrogens with zero attached hydrogens (tertiary/aromatic N) is 1. The Bertz CT molecular complexity index is 740. The average Bonchev–Trinajstić information content (AvgIpc) is 3.08. The van der Waals surface area contributed by atoms with E-state index in [9.17, 15) is 15.3 Å². The minimum absolute atomic E-state index is 0.157. The third kappa shape index (κ3) is 3.00. The van der Waals surface area contributed by atoms with Crippen molar-refractivity contribution in [2.45, 2.75) is 83.6 Å². The van der Waals surface area contributed by atoms with Gasteiger partial charge in [-0.1, -0.05) is 32.9 Å². The highest BCUT2D eigenvalue weighted by Crippen LogP contribution is 2.66. The smallest absolute Gasteiger partial charge is 0.0577 e. The van der Waals surface area contributed by atoms with E-state index < -0.39 is 0 Å². The molecule has 4 heteroatoms. The van der Waals surface area contributed by atoms with Crippen LogP contribution in [0.5, 0.6) is 0 Å². The summed E-state index contributed by atoms with van der Waals surface area (Å²) in [6.07, 6.45) is 9.97. The summed E-state index contributed by atoms with van der Waals surface area (Å²) in [5.41, 5.74) is 0.157. The Morgan fingerprint density at radius 2 is 1.55 bits per heavy atom. The number of aliphatic hydroxyl groups is 3. The second kappa shape index (κ2) is 7.29. The molecule has 3 N–H and O–H groups in total. The second-order valence-electron chi connectivity index (χ2n) is 12.9. The second-order valence-corrected chi connectivity index (χ2v) is 12.9. The molecule has 4 saturated carbocycles. The molecule has 0 aromatic rings. The lowest BCUT2D eigenvalue weighted by Crippen LogP contribution is -2.60. The Morgan fingerprint density at radius 1 is 0.806 bits per heavy atom. The predicted molar refractivity (Wildman–Crippen MR) is 121 cm³/mol. The van der Waals surface area contributed by atoms with Gasteiger partial charge in [-0.15, -0.1) is 0 Å². The van der Waals surface area contributed by atoms with E-state index in [1.54, 1.807) is 0 Å². The standard InChI is InChI=1S/C27H43NO3/c1-14-4-5-23-15(2)26-20(13-28(23)12-14)17-9-21-19(18(17)10-25(26)31)11-24(30)22-8-16(29)6-7-27(21,22)3/h4-5,14-26,29-31H,6-13H2,1-3H3/t14-,15-,16-,17+,18+,19-,20-,21-,22+,23-,24+,25-,26+,27+/m0/s1. The largest absolute Gasteiger partial charge is 0.393 e. The van der Waals surface area contributed by atoms with Gasteiger partial charge in [-0.05, 0) is 97.2 Å². The number of fused-ring (bicyclic) bond motifs is 8. The number of hydrogen-bond acceptors (Lipinski definition) is 4. The Balaban J connectivity index is 1.32. The van der Waals surface area contributed by atoms with Crippen molar-refractivity contribution in [3.8, 4) is 0 Å². The van der Waals surface area contributed by atoms with E-state index in [2.05, 4.69) is 37.8 Å². The first kappa shape index (κ1) is 21.1. The molecule has 6 rings (SSSR count). The van der Waals surface area contributed by atoms with Crippen LogP contribution in [0.1, 0.15) is 59.3 Å². The molecule has 14 atom stereocenters. The Kier molecular flexibility index (Phi) is 4.97. The number of piperidine rings is 1. The minimum Gasteiger partial charge on any atom is -0.393 e. The summed E-state index contributed by atoms with van der Waals surface area (Å²) in [5, 5.41) is 32.9. The summed E-state index contributed by atoms with van der Waals surface area (Å²) < 4.78 is 0. The van der Waals surface area contributed by atoms with Crippen molar-refractivity contribution in [1.29, 1.82) is 0 Å². The van der Waals surface area contributed by atoms with E-state index in [4.69, 9.17) is 0 Å². The van der Waals surface area contributed by atoms with Gasteiger partial charge in [0.25, 0.3) is 0 Å². The number of rotatable bonds is 0. The number of hydrogen-bond donors (Lipinski definition) is 3. The van der Waals surface area contributed by atoms with Gasteiger partial charge in [-0.2, -0.15) is 0 Å². The zero-order valence-electron chi connectivity index (χ0n) is 19.6. The summed E-state index contributed by atoms with van der Waals surface area (Å²) in [7, 11) is 0. The molecule has 0 spiro atoms. The zero-order chi connectivity index (χ0) is 21.7. The highest BCUT2D eigenvalue weighted by atomic mass is 16.3. The SMILES string of the molecule is C[C@@H]1[C@@H]2[C@@H](CN3C[C@@H](C)C=C[C@@H]13)[C@@H]1C[C@H]3[C@@H](C[C@@H](O)[C@H]4C[C@@H](O)CC[C@@]43C)[C@@H]1C[C@@H]2O. The summed E-state index contributed by atoms with van der Waals surface area (Å²) >= 11 is 0. The van der Waals surface area contributed by atoms with Crippen molar-refractivity contribution >= 4 is 0 Å². The van der Waals surface area contributed by atoms with E-state index in [1.807, 2.05) is 0 Å². The van der Waals surface area contributed by atoms with Crippen LogP contribution in [0.3, 0.4) is 0 Å². The maximum Gasteiger partial charge on any atom is 0.0577 e. The van der Waals surface area contributed by atoms with Crippen LogP contribution in [0.15, 0.2) is 12.2 Å². The predicted octanol–water partition coefficient (Wildman–Crippen LogP) is 3.31. The molecule has 4 aliphatic carbocycles. The van der Waals surface area contributed by atoms with Crippen LogP contribution in [-0.2, 0) is 0 Å². The fourth-order valence-electron chi connectivity index (χ4n) is 10.2. The summed E-state index contributed by atoms with van der Waals surface area (Å²) in [5.74, 6) is 4.88. The van der Waals surface area contributed by atoms with Crippen LogP contribution in [0.25, 0.3) is 0 Å². The van der Waals surface area contributed by atoms with Crippen molar-refractivity contribution in [1.82, 2.24) is 4.90 Å². The van der Waals surface area contributed by atoms with E-state index >= 15 is 0 Å². The first-order valence-corrected chi connectivity index (χ1v) is 13.2. The van der Waals surface area contributed by atoms with Gasteiger partial charge in [0.1, 0.15) is 0 Å². The molecule has 4 nitrogen and oxygen atoms in total. The van der Waals surface area contributed by atoms with E-state index in [0.29, 0.717) is 53.4 Å². The third-order valence-electron chi connectivity index (χ3n) is 11.5. The van der Waals surface area contributed by atoms with Crippen LogP contribution < -0.4 is 0 Å². The fourth-order valence-corrected chi connectivity index (χ4v) is 10.2. The van der Waals surface area contributed by atoms with Crippen LogP contribution in [0.4, 0.5) is 0 Å². The molecular formula is C27H43NO3. The molecule has 1 saturated heterocycles. The summed E-state index contributed by atoms with van der Waals surface area (Å²) in [6.45, 7) is 9.46. The normalized spacial score (nSPS) is 61.0. The molecule has 6 aliphatic rings. The molecule has 0 aromatic heterocycles. The van der Waals surface area contributed by atoms with Gasteiger partial charge in [-0.3, -0.25) is 4.90 Å². The van der Waals surface area contributed by atoms with Crippen LogP contribution in [0, 0.1) is 58.7 Å². The van der Waals surface area contributed by atoms with Gasteiger partial charge in [0.15, 0.2) is 0 Å². The minimum atomic E-state index is -0.280. The summed E-state index contributed by atoms with van der Waals surface area (Å²) in [6, 6.07) is 0.496. The molecule has 31 heavy (non-hydrogen) atoms. The Labute approximate surface area is 188 Å². The maximum atomic E-state index is 11.4. The summed E-state index contributed by atoms with van der Waals surface area (Å²) in [4.78, 5) is 2.73. The maximum absolute atomic E-state index is 11.4. The quantitative estimate of drug-likeness (QED) is 0.517. The molecule has 0 aromatic carbocycles. The first-order valence-electron chi connectivity index (χ1n) is 13.2. The van der Waals surface area contributed by atoms with Gasteiger partial charge < -0.3 is 15.3 Å². The number of aliphatic hydroxyl groups excluding tert-OH is 3. The first-order chi connectivity index (χ1) is 14.8. The van der Waals surface area contributed by atoms with E-state index in [-0.39, 0.29) is 29.6 Å². The van der Waals surface area contributed by atoms with Gasteiger partial charge in [0, 0.05) is 19.1 Å². The van der Waals surface area contributed by atoms with Gasteiger partial charge in [0.05, 0.1) is 18.3 Å².